The number of carboxylic acid groups (broad SMARTS) is 1. The number of aliphatic carboxylic acids is 1. The van der Waals surface area contributed by atoms with E-state index >= 15 is 0 Å². The van der Waals surface area contributed by atoms with Crippen molar-refractivity contribution >= 4 is 35.2 Å². The van der Waals surface area contributed by atoms with Gasteiger partial charge >= 0.3 is 17.8 Å². The van der Waals surface area contributed by atoms with Crippen molar-refractivity contribution < 1.29 is 47.0 Å². The van der Waals surface area contributed by atoms with Gasteiger partial charge in [-0.05, 0) is 35.6 Å². The number of hydrogen-bond acceptors (Lipinski definition) is 6. The lowest BCUT2D eigenvalue weighted by molar-refractivity contribution is -0.151. The lowest BCUT2D eigenvalue weighted by Gasteiger charge is -2.38. The zero-order chi connectivity index (χ0) is 30.6. The molecule has 1 atom stereocenters. The number of benzene rings is 2. The van der Waals surface area contributed by atoms with Gasteiger partial charge in [0.15, 0.2) is 23.2 Å². The highest BCUT2D eigenvalue weighted by Crippen LogP contribution is 2.30. The Kier molecular flexibility index (Phi) is 9.41. The van der Waals surface area contributed by atoms with Crippen molar-refractivity contribution in [2.75, 3.05) is 25.0 Å². The molecule has 0 spiro atoms. The molecule has 2 aromatic rings. The number of carbonyl (C=O) groups is 5. The van der Waals surface area contributed by atoms with E-state index in [0.29, 0.717) is 11.8 Å². The van der Waals surface area contributed by atoms with Crippen molar-refractivity contribution in [1.29, 1.82) is 0 Å². The number of rotatable bonds is 9. The number of carbonyl (C=O) groups excluding carboxylic acids is 4. The second kappa shape index (κ2) is 12.4. The highest BCUT2D eigenvalue weighted by atomic mass is 19.2. The van der Waals surface area contributed by atoms with Gasteiger partial charge < -0.3 is 25.4 Å². The summed E-state index contributed by atoms with van der Waals surface area (Å²) in [5.41, 5.74) is 0.704. The molecule has 1 aliphatic heterocycles. The minimum atomic E-state index is -1.66. The van der Waals surface area contributed by atoms with Crippen LogP contribution in [-0.2, 0) is 29.4 Å². The molecule has 0 radical (unpaired) electrons. The van der Waals surface area contributed by atoms with Crippen LogP contribution in [0.25, 0.3) is 0 Å². The van der Waals surface area contributed by atoms with Gasteiger partial charge in [0.05, 0.1) is 12.3 Å². The largest absolute Gasteiger partial charge is 0.481 e. The zero-order valence-electron chi connectivity index (χ0n) is 22.8. The molecule has 10 nitrogen and oxygen atoms in total. The maximum Gasteiger partial charge on any atom is 0.313 e. The number of nitrogens with one attached hydrogen (secondary N) is 2. The Morgan fingerprint density at radius 1 is 1.07 bits per heavy atom. The Morgan fingerprint density at radius 3 is 2.32 bits per heavy atom. The first-order valence-electron chi connectivity index (χ1n) is 12.6. The summed E-state index contributed by atoms with van der Waals surface area (Å²) in [5, 5.41) is 14.0. The van der Waals surface area contributed by atoms with Gasteiger partial charge in [0.2, 0.25) is 11.7 Å². The van der Waals surface area contributed by atoms with E-state index < -0.39 is 77.7 Å². The van der Waals surface area contributed by atoms with E-state index in [9.17, 15) is 37.1 Å². The number of nitrogens with zero attached hydrogens (tertiary/aromatic N) is 1. The van der Waals surface area contributed by atoms with Crippen LogP contribution in [-0.4, -0.2) is 65.2 Å². The standard InChI is InChI=1S/C28H30F3N3O7/c1-14-9-17(29)23(31)24(22(14)30)41-13-20(35)19(10-21(36)37)33-25(38)15-11-34(12-15)27(40)26(39)32-18-8-6-5-7-16(18)28(2,3)4/h5-9,15,19H,10-13H2,1-4H3,(H,32,39)(H,33,38)(H,36,37)/t19-/m0/s1. The minimum Gasteiger partial charge on any atom is -0.481 e. The number of hydrogen-bond donors (Lipinski definition) is 3. The molecular weight excluding hydrogens is 547 g/mol. The number of carboxylic acids is 1. The van der Waals surface area contributed by atoms with Gasteiger partial charge in [-0.15, -0.1) is 0 Å². The first-order valence-corrected chi connectivity index (χ1v) is 12.6. The average molecular weight is 578 g/mol. The third-order valence-electron chi connectivity index (χ3n) is 6.46. The van der Waals surface area contributed by atoms with Crippen LogP contribution in [0.2, 0.25) is 0 Å². The monoisotopic (exact) mass is 577 g/mol. The van der Waals surface area contributed by atoms with Crippen LogP contribution in [0.15, 0.2) is 30.3 Å². The average Bonchev–Trinajstić information content (AvgIpc) is 2.85. The van der Waals surface area contributed by atoms with Gasteiger partial charge in [-0.25, -0.2) is 8.78 Å². The molecule has 0 aliphatic carbocycles. The smallest absolute Gasteiger partial charge is 0.313 e. The quantitative estimate of drug-likeness (QED) is 0.307. The van der Waals surface area contributed by atoms with Gasteiger partial charge in [0.25, 0.3) is 0 Å². The van der Waals surface area contributed by atoms with Crippen molar-refractivity contribution in [3.8, 4) is 5.75 Å². The number of aryl methyl sites for hydroxylation is 1. The molecule has 0 unspecified atom stereocenters. The summed E-state index contributed by atoms with van der Waals surface area (Å²) in [4.78, 5) is 62.8. The van der Waals surface area contributed by atoms with E-state index in [-0.39, 0.29) is 24.1 Å². The maximum absolute atomic E-state index is 14.2. The predicted molar refractivity (Wildman–Crippen MR) is 140 cm³/mol. The van der Waals surface area contributed by atoms with Gasteiger partial charge in [0, 0.05) is 18.8 Å². The van der Waals surface area contributed by atoms with Crippen molar-refractivity contribution in [2.45, 2.75) is 45.6 Å². The fourth-order valence-electron chi connectivity index (χ4n) is 4.16. The number of amides is 3. The molecule has 1 fully saturated rings. The molecule has 1 aliphatic rings. The third kappa shape index (κ3) is 7.41. The Balaban J connectivity index is 1.58. The van der Waals surface area contributed by atoms with Crippen molar-refractivity contribution in [2.24, 2.45) is 5.92 Å². The maximum atomic E-state index is 14.2. The van der Waals surface area contributed by atoms with Crippen molar-refractivity contribution in [3.63, 3.8) is 0 Å². The molecule has 1 heterocycles. The van der Waals surface area contributed by atoms with E-state index in [0.717, 1.165) is 17.4 Å². The number of halogens is 3. The first kappa shape index (κ1) is 31.1. The summed E-state index contributed by atoms with van der Waals surface area (Å²) in [6, 6.07) is 5.99. The second-order valence-electron chi connectivity index (χ2n) is 10.7. The first-order chi connectivity index (χ1) is 19.1. The van der Waals surface area contributed by atoms with E-state index in [1.54, 1.807) is 12.1 Å². The Hall–Kier alpha value is -4.42. The molecule has 3 N–H and O–H groups in total. The molecule has 3 rings (SSSR count). The van der Waals surface area contributed by atoms with Crippen LogP contribution in [0.4, 0.5) is 18.9 Å². The van der Waals surface area contributed by atoms with E-state index in [1.807, 2.05) is 32.9 Å². The molecule has 220 valence electrons. The minimum absolute atomic E-state index is 0.164. The van der Waals surface area contributed by atoms with Crippen LogP contribution >= 0.6 is 0 Å². The lowest BCUT2D eigenvalue weighted by Crippen LogP contribution is -2.59. The van der Waals surface area contributed by atoms with Gasteiger partial charge in [-0.2, -0.15) is 4.39 Å². The molecule has 1 saturated heterocycles. The summed E-state index contributed by atoms with van der Waals surface area (Å²) < 4.78 is 46.5. The number of para-hydroxylation sites is 1. The number of ketones is 1. The lowest BCUT2D eigenvalue weighted by atomic mass is 9.86. The van der Waals surface area contributed by atoms with Gasteiger partial charge in [-0.3, -0.25) is 24.0 Å². The van der Waals surface area contributed by atoms with E-state index in [1.165, 1.54) is 0 Å². The summed E-state index contributed by atoms with van der Waals surface area (Å²) >= 11 is 0. The molecule has 41 heavy (non-hydrogen) atoms. The van der Waals surface area contributed by atoms with Gasteiger partial charge in [-0.1, -0.05) is 39.0 Å². The summed E-state index contributed by atoms with van der Waals surface area (Å²) in [6.45, 7) is 5.62. The van der Waals surface area contributed by atoms with Crippen molar-refractivity contribution in [1.82, 2.24) is 10.2 Å². The van der Waals surface area contributed by atoms with Crippen molar-refractivity contribution in [3.05, 3.63) is 58.9 Å². The van der Waals surface area contributed by atoms with E-state index in [4.69, 9.17) is 9.84 Å². The molecule has 2 aromatic carbocycles. The highest BCUT2D eigenvalue weighted by molar-refractivity contribution is 6.39. The topological polar surface area (TPSA) is 142 Å². The third-order valence-corrected chi connectivity index (χ3v) is 6.46. The molecule has 0 bridgehead atoms. The van der Waals surface area contributed by atoms with Crippen LogP contribution in [0.5, 0.6) is 5.75 Å². The van der Waals surface area contributed by atoms with Crippen LogP contribution in [0.3, 0.4) is 0 Å². The molecule has 0 saturated carbocycles. The second-order valence-corrected chi connectivity index (χ2v) is 10.7. The molecule has 0 aromatic heterocycles. The molecule has 3 amide bonds. The Morgan fingerprint density at radius 2 is 1.71 bits per heavy atom. The highest BCUT2D eigenvalue weighted by Gasteiger charge is 2.40. The summed E-state index contributed by atoms with van der Waals surface area (Å²) in [5.74, 6) is -11.3. The predicted octanol–water partition coefficient (Wildman–Crippen LogP) is 2.71. The van der Waals surface area contributed by atoms with Crippen LogP contribution in [0, 0.1) is 30.3 Å². The molecule has 13 heteroatoms. The van der Waals surface area contributed by atoms with Gasteiger partial charge in [0.1, 0.15) is 12.6 Å². The fraction of sp³-hybridized carbons (Fsp3) is 0.393. The Bertz CT molecular complexity index is 1360. The number of anilines is 1. The number of likely N-dealkylation sites (tertiary alicyclic amines) is 1. The normalized spacial score (nSPS) is 14.1. The zero-order valence-corrected chi connectivity index (χ0v) is 22.8. The van der Waals surface area contributed by atoms with E-state index in [2.05, 4.69) is 10.6 Å². The number of Topliss-reactive ketones (excluding diaryl/α,β-unsaturated/α-hetero) is 1. The number of ether oxygens (including phenoxy) is 1. The Labute approximate surface area is 233 Å². The fourth-order valence-corrected chi connectivity index (χ4v) is 4.16. The van der Waals surface area contributed by atoms with Crippen LogP contribution < -0.4 is 15.4 Å². The summed E-state index contributed by atoms with van der Waals surface area (Å²) in [7, 11) is 0. The SMILES string of the molecule is Cc1cc(F)c(F)c(OCC(=O)[C@H](CC(=O)O)NC(=O)C2CN(C(=O)C(=O)Nc3ccccc3C(C)(C)C)C2)c1F. The summed E-state index contributed by atoms with van der Waals surface area (Å²) in [6.07, 6.45) is -0.869. The van der Waals surface area contributed by atoms with Crippen LogP contribution in [0.1, 0.15) is 38.3 Å². The molecular formula is C28H30F3N3O7.